The second kappa shape index (κ2) is 7.31. The summed E-state index contributed by atoms with van der Waals surface area (Å²) in [5.41, 5.74) is 1.44. The first kappa shape index (κ1) is 16.3. The van der Waals surface area contributed by atoms with Gasteiger partial charge in [-0.15, -0.1) is 0 Å². The zero-order valence-corrected chi connectivity index (χ0v) is 13.0. The van der Waals surface area contributed by atoms with Gasteiger partial charge in [0.15, 0.2) is 11.5 Å². The molecule has 1 amide bonds. The molecule has 24 heavy (non-hydrogen) atoms. The lowest BCUT2D eigenvalue weighted by Crippen LogP contribution is -2.16. The summed E-state index contributed by atoms with van der Waals surface area (Å²) in [6.07, 6.45) is 0.626. The molecule has 0 aromatic heterocycles. The van der Waals surface area contributed by atoms with Gasteiger partial charge in [-0.25, -0.2) is 4.39 Å². The molecule has 3 rings (SSSR count). The van der Waals surface area contributed by atoms with E-state index in [4.69, 9.17) is 9.47 Å². The van der Waals surface area contributed by atoms with Gasteiger partial charge < -0.3 is 19.9 Å². The lowest BCUT2D eigenvalue weighted by atomic mass is 9.92. The molecule has 1 aliphatic heterocycles. The van der Waals surface area contributed by atoms with Gasteiger partial charge >= 0.3 is 0 Å². The number of halogens is 1. The van der Waals surface area contributed by atoms with Crippen molar-refractivity contribution in [2.45, 2.75) is 18.8 Å². The van der Waals surface area contributed by atoms with E-state index in [0.29, 0.717) is 23.6 Å². The zero-order chi connectivity index (χ0) is 16.9. The molecule has 2 aromatic carbocycles. The maximum absolute atomic E-state index is 13.0. The molecule has 2 N–H and O–H groups in total. The van der Waals surface area contributed by atoms with E-state index in [0.717, 1.165) is 5.56 Å². The third-order valence-corrected chi connectivity index (χ3v) is 3.91. The van der Waals surface area contributed by atoms with E-state index in [1.54, 1.807) is 30.3 Å². The van der Waals surface area contributed by atoms with Gasteiger partial charge in [-0.1, -0.05) is 12.1 Å². The van der Waals surface area contributed by atoms with Gasteiger partial charge in [-0.2, -0.15) is 0 Å². The molecular formula is C18H18FNO4. The van der Waals surface area contributed by atoms with E-state index in [1.165, 1.54) is 12.1 Å². The van der Waals surface area contributed by atoms with Crippen molar-refractivity contribution in [2.24, 2.45) is 0 Å². The highest BCUT2D eigenvalue weighted by Gasteiger charge is 2.18. The Bertz CT molecular complexity index is 717. The topological polar surface area (TPSA) is 67.8 Å². The van der Waals surface area contributed by atoms with Crippen LogP contribution in [0.3, 0.4) is 0 Å². The van der Waals surface area contributed by atoms with Gasteiger partial charge in [0.25, 0.3) is 0 Å². The van der Waals surface area contributed by atoms with Crippen LogP contribution in [0.15, 0.2) is 42.5 Å². The standard InChI is InChI=1S/C18H18FNO4/c19-14-3-1-12(2-4-14)13(7-8-21)9-18(22)20-15-5-6-16-17(10-15)24-11-23-16/h1-6,10,13,21H,7-9,11H2,(H,20,22)/t13-/m1/s1. The number of anilines is 1. The summed E-state index contributed by atoms with van der Waals surface area (Å²) in [7, 11) is 0. The SMILES string of the molecule is O=C(C[C@@H](CCO)c1ccc(F)cc1)Nc1ccc2c(c1)OCO2. The first-order valence-corrected chi connectivity index (χ1v) is 7.71. The number of aliphatic hydroxyl groups is 1. The normalized spacial score (nSPS) is 13.6. The van der Waals surface area contributed by atoms with Crippen molar-refractivity contribution in [2.75, 3.05) is 18.7 Å². The fourth-order valence-corrected chi connectivity index (χ4v) is 2.69. The Hall–Kier alpha value is -2.60. The number of rotatable bonds is 6. The third kappa shape index (κ3) is 3.83. The molecule has 2 aromatic rings. The Morgan fingerprint density at radius 3 is 2.67 bits per heavy atom. The highest BCUT2D eigenvalue weighted by molar-refractivity contribution is 5.91. The largest absolute Gasteiger partial charge is 0.454 e. The van der Waals surface area contributed by atoms with Gasteiger partial charge in [-0.05, 0) is 42.2 Å². The lowest BCUT2D eigenvalue weighted by molar-refractivity contribution is -0.116. The van der Waals surface area contributed by atoms with Gasteiger partial charge in [0.2, 0.25) is 12.7 Å². The van der Waals surface area contributed by atoms with E-state index in [1.807, 2.05) is 0 Å². The van der Waals surface area contributed by atoms with Crippen LogP contribution in [-0.4, -0.2) is 24.4 Å². The van der Waals surface area contributed by atoms with Gasteiger partial charge in [0, 0.05) is 24.8 Å². The van der Waals surface area contributed by atoms with Crippen LogP contribution in [0, 0.1) is 5.82 Å². The first-order valence-electron chi connectivity index (χ1n) is 7.71. The van der Waals surface area contributed by atoms with E-state index >= 15 is 0 Å². The van der Waals surface area contributed by atoms with Crippen molar-refractivity contribution < 1.29 is 23.8 Å². The minimum Gasteiger partial charge on any atom is -0.454 e. The highest BCUT2D eigenvalue weighted by Crippen LogP contribution is 2.34. The molecule has 5 nitrogen and oxygen atoms in total. The number of ether oxygens (including phenoxy) is 2. The number of hydrogen-bond donors (Lipinski definition) is 2. The van der Waals surface area contributed by atoms with Crippen LogP contribution in [0.1, 0.15) is 24.3 Å². The molecule has 126 valence electrons. The fourth-order valence-electron chi connectivity index (χ4n) is 2.69. The van der Waals surface area contributed by atoms with Gasteiger partial charge in [0.05, 0.1) is 0 Å². The summed E-state index contributed by atoms with van der Waals surface area (Å²) in [6, 6.07) is 11.2. The number of fused-ring (bicyclic) bond motifs is 1. The van der Waals surface area contributed by atoms with E-state index in [9.17, 15) is 14.3 Å². The van der Waals surface area contributed by atoms with Crippen molar-refractivity contribution >= 4 is 11.6 Å². The second-order valence-corrected chi connectivity index (χ2v) is 5.58. The number of carbonyl (C=O) groups excluding carboxylic acids is 1. The minimum atomic E-state index is -0.327. The molecule has 0 fully saturated rings. The van der Waals surface area contributed by atoms with E-state index in [-0.39, 0.29) is 37.5 Å². The molecule has 1 aliphatic rings. The predicted octanol–water partition coefficient (Wildman–Crippen LogP) is 3.05. The molecule has 0 bridgehead atoms. The maximum Gasteiger partial charge on any atom is 0.231 e. The Morgan fingerprint density at radius 2 is 1.92 bits per heavy atom. The molecule has 0 unspecified atom stereocenters. The Morgan fingerprint density at radius 1 is 1.17 bits per heavy atom. The predicted molar refractivity (Wildman–Crippen MR) is 86.7 cm³/mol. The summed E-state index contributed by atoms with van der Waals surface area (Å²) in [5, 5.41) is 12.0. The Labute approximate surface area is 139 Å². The smallest absolute Gasteiger partial charge is 0.231 e. The van der Waals surface area contributed by atoms with Crippen molar-refractivity contribution in [1.82, 2.24) is 0 Å². The molecule has 6 heteroatoms. The fraction of sp³-hybridized carbons (Fsp3) is 0.278. The number of nitrogens with one attached hydrogen (secondary N) is 1. The van der Waals surface area contributed by atoms with Crippen molar-refractivity contribution in [3.8, 4) is 11.5 Å². The Balaban J connectivity index is 1.66. The third-order valence-electron chi connectivity index (χ3n) is 3.91. The first-order chi connectivity index (χ1) is 11.7. The average Bonchev–Trinajstić information content (AvgIpc) is 3.03. The van der Waals surface area contributed by atoms with Crippen LogP contribution < -0.4 is 14.8 Å². The zero-order valence-electron chi connectivity index (χ0n) is 13.0. The average molecular weight is 331 g/mol. The number of carbonyl (C=O) groups is 1. The molecular weight excluding hydrogens is 313 g/mol. The lowest BCUT2D eigenvalue weighted by Gasteiger charge is -2.16. The highest BCUT2D eigenvalue weighted by atomic mass is 19.1. The minimum absolute atomic E-state index is 0.0423. The number of hydrogen-bond acceptors (Lipinski definition) is 4. The van der Waals surface area contributed by atoms with Crippen molar-refractivity contribution in [1.29, 1.82) is 0 Å². The van der Waals surface area contributed by atoms with E-state index in [2.05, 4.69) is 5.32 Å². The van der Waals surface area contributed by atoms with Crippen molar-refractivity contribution in [3.05, 3.63) is 53.8 Å². The van der Waals surface area contributed by atoms with E-state index < -0.39 is 0 Å². The summed E-state index contributed by atoms with van der Waals surface area (Å²) < 4.78 is 23.6. The molecule has 0 aliphatic carbocycles. The quantitative estimate of drug-likeness (QED) is 0.854. The number of benzene rings is 2. The van der Waals surface area contributed by atoms with Crippen LogP contribution in [0.4, 0.5) is 10.1 Å². The molecule has 1 heterocycles. The van der Waals surface area contributed by atoms with Gasteiger partial charge in [0.1, 0.15) is 5.82 Å². The monoisotopic (exact) mass is 331 g/mol. The molecule has 1 atom stereocenters. The van der Waals surface area contributed by atoms with Gasteiger partial charge in [-0.3, -0.25) is 4.79 Å². The van der Waals surface area contributed by atoms with Crippen LogP contribution in [-0.2, 0) is 4.79 Å². The van der Waals surface area contributed by atoms with Crippen LogP contribution in [0.2, 0.25) is 0 Å². The molecule has 0 saturated heterocycles. The molecule has 0 radical (unpaired) electrons. The maximum atomic E-state index is 13.0. The second-order valence-electron chi connectivity index (χ2n) is 5.58. The molecule has 0 saturated carbocycles. The number of aliphatic hydroxyl groups excluding tert-OH is 1. The van der Waals surface area contributed by atoms with Crippen LogP contribution >= 0.6 is 0 Å². The number of amides is 1. The summed E-state index contributed by atoms with van der Waals surface area (Å²) in [5.74, 6) is 0.559. The molecule has 0 spiro atoms. The Kier molecular flexibility index (Phi) is 4.96. The van der Waals surface area contributed by atoms with Crippen LogP contribution in [0.25, 0.3) is 0 Å². The summed E-state index contributed by atoms with van der Waals surface area (Å²) in [4.78, 5) is 12.3. The summed E-state index contributed by atoms with van der Waals surface area (Å²) >= 11 is 0. The van der Waals surface area contributed by atoms with Crippen molar-refractivity contribution in [3.63, 3.8) is 0 Å². The summed E-state index contributed by atoms with van der Waals surface area (Å²) in [6.45, 7) is 0.134. The van der Waals surface area contributed by atoms with Crippen LogP contribution in [0.5, 0.6) is 11.5 Å².